The molecule has 0 radical (unpaired) electrons. The Hall–Kier alpha value is -1.69. The second kappa shape index (κ2) is 5.60. The maximum absolute atomic E-state index is 12.6. The van der Waals surface area contributed by atoms with Crippen LogP contribution in [0.1, 0.15) is 54.6 Å². The fraction of sp³-hybridized carbons (Fsp3) is 0.467. The van der Waals surface area contributed by atoms with Crippen LogP contribution >= 0.6 is 0 Å². The molecule has 0 amide bonds. The zero-order chi connectivity index (χ0) is 14.9. The summed E-state index contributed by atoms with van der Waals surface area (Å²) < 4.78 is 25.3. The van der Waals surface area contributed by atoms with E-state index in [9.17, 15) is 8.42 Å². The van der Waals surface area contributed by atoms with Crippen molar-refractivity contribution in [2.24, 2.45) is 0 Å². The van der Waals surface area contributed by atoms with E-state index in [2.05, 4.69) is 15.2 Å². The number of aromatic nitrogens is 3. The lowest BCUT2D eigenvalue weighted by atomic mass is 10.1. The van der Waals surface area contributed by atoms with Crippen LogP contribution < -0.4 is 0 Å². The summed E-state index contributed by atoms with van der Waals surface area (Å²) in [6, 6.07) is 9.35. The summed E-state index contributed by atoms with van der Waals surface area (Å²) in [6.45, 7) is 1.89. The Labute approximate surface area is 124 Å². The molecule has 6 heteroatoms. The lowest BCUT2D eigenvalue weighted by molar-refractivity contribution is 0.577. The molecule has 112 valence electrons. The van der Waals surface area contributed by atoms with E-state index in [1.165, 1.54) is 0 Å². The topological polar surface area (TPSA) is 75.7 Å². The standard InChI is InChI=1S/C15H19N3O2S/c1-2-13(11-6-4-3-5-7-11)21(19,20)10-14-16-15(18-17-14)12-8-9-12/h3-7,12-13H,2,8-10H2,1H3,(H,16,17,18)/t13-/m0/s1. The average Bonchev–Trinajstić information content (AvgIpc) is 3.21. The molecular formula is C15H19N3O2S. The van der Waals surface area contributed by atoms with Crippen LogP contribution in [-0.2, 0) is 15.6 Å². The van der Waals surface area contributed by atoms with Crippen molar-refractivity contribution >= 4 is 9.84 Å². The third-order valence-electron chi connectivity index (χ3n) is 3.81. The second-order valence-corrected chi connectivity index (χ2v) is 7.71. The highest BCUT2D eigenvalue weighted by Gasteiger charge is 2.30. The van der Waals surface area contributed by atoms with Gasteiger partial charge in [-0.25, -0.2) is 13.4 Å². The van der Waals surface area contributed by atoms with Crippen molar-refractivity contribution < 1.29 is 8.42 Å². The van der Waals surface area contributed by atoms with Crippen LogP contribution in [0.3, 0.4) is 0 Å². The van der Waals surface area contributed by atoms with Gasteiger partial charge in [0.2, 0.25) is 0 Å². The summed E-state index contributed by atoms with van der Waals surface area (Å²) in [5.41, 5.74) is 0.835. The molecule has 0 saturated heterocycles. The molecule has 0 unspecified atom stereocenters. The Bertz CT molecular complexity index is 706. The molecule has 1 N–H and O–H groups in total. The summed E-state index contributed by atoms with van der Waals surface area (Å²) in [5, 5.41) is 6.40. The highest BCUT2D eigenvalue weighted by Crippen LogP contribution is 2.38. The number of H-pyrrole nitrogens is 1. The number of hydrogen-bond acceptors (Lipinski definition) is 4. The predicted molar refractivity (Wildman–Crippen MR) is 80.5 cm³/mol. The van der Waals surface area contributed by atoms with E-state index in [4.69, 9.17) is 0 Å². The largest absolute Gasteiger partial charge is 0.262 e. The van der Waals surface area contributed by atoms with Crippen molar-refractivity contribution in [2.75, 3.05) is 0 Å². The van der Waals surface area contributed by atoms with Gasteiger partial charge >= 0.3 is 0 Å². The van der Waals surface area contributed by atoms with Crippen LogP contribution in [0.5, 0.6) is 0 Å². The summed E-state index contributed by atoms with van der Waals surface area (Å²) in [7, 11) is -3.30. The minimum Gasteiger partial charge on any atom is -0.262 e. The van der Waals surface area contributed by atoms with Gasteiger partial charge in [0.25, 0.3) is 0 Å². The molecule has 0 aliphatic heterocycles. The molecule has 0 spiro atoms. The maximum atomic E-state index is 12.6. The van der Waals surface area contributed by atoms with Crippen LogP contribution in [0.4, 0.5) is 0 Å². The van der Waals surface area contributed by atoms with Gasteiger partial charge in [0, 0.05) is 5.92 Å². The lowest BCUT2D eigenvalue weighted by Gasteiger charge is -2.15. The van der Waals surface area contributed by atoms with E-state index >= 15 is 0 Å². The molecule has 0 bridgehead atoms. The van der Waals surface area contributed by atoms with Gasteiger partial charge in [0.15, 0.2) is 15.7 Å². The van der Waals surface area contributed by atoms with Gasteiger partial charge in [-0.2, -0.15) is 5.10 Å². The molecule has 1 aliphatic carbocycles. The number of rotatable bonds is 6. The van der Waals surface area contributed by atoms with Crippen molar-refractivity contribution in [3.63, 3.8) is 0 Å². The van der Waals surface area contributed by atoms with Gasteiger partial charge in [-0.15, -0.1) is 0 Å². The molecule has 2 aromatic rings. The van der Waals surface area contributed by atoms with Crippen molar-refractivity contribution in [3.05, 3.63) is 47.5 Å². The number of nitrogens with one attached hydrogen (secondary N) is 1. The third-order valence-corrected chi connectivity index (χ3v) is 5.95. The molecule has 1 aromatic carbocycles. The summed E-state index contributed by atoms with van der Waals surface area (Å²) >= 11 is 0. The van der Waals surface area contributed by atoms with E-state index < -0.39 is 15.1 Å². The number of sulfone groups is 1. The Balaban J connectivity index is 1.80. The Morgan fingerprint density at radius 1 is 1.29 bits per heavy atom. The summed E-state index contributed by atoms with van der Waals surface area (Å²) in [4.78, 5) is 4.32. The fourth-order valence-corrected chi connectivity index (χ4v) is 4.35. The zero-order valence-electron chi connectivity index (χ0n) is 12.0. The lowest BCUT2D eigenvalue weighted by Crippen LogP contribution is -2.15. The summed E-state index contributed by atoms with van der Waals surface area (Å²) in [6.07, 6.45) is 2.76. The first-order valence-corrected chi connectivity index (χ1v) is 8.99. The zero-order valence-corrected chi connectivity index (χ0v) is 12.8. The van der Waals surface area contributed by atoms with E-state index in [-0.39, 0.29) is 5.75 Å². The number of hydrogen-bond donors (Lipinski definition) is 1. The third kappa shape index (κ3) is 3.15. The molecular weight excluding hydrogens is 286 g/mol. The van der Waals surface area contributed by atoms with E-state index in [0.717, 1.165) is 24.2 Å². The summed E-state index contributed by atoms with van der Waals surface area (Å²) in [5.74, 6) is 1.55. The van der Waals surface area contributed by atoms with Gasteiger partial charge < -0.3 is 0 Å². The van der Waals surface area contributed by atoms with Crippen LogP contribution in [0.15, 0.2) is 30.3 Å². The molecule has 1 fully saturated rings. The number of benzene rings is 1. The minimum absolute atomic E-state index is 0.0832. The molecule has 21 heavy (non-hydrogen) atoms. The second-order valence-electron chi connectivity index (χ2n) is 5.53. The first kappa shape index (κ1) is 14.3. The molecule has 1 heterocycles. The van der Waals surface area contributed by atoms with Crippen LogP contribution in [0, 0.1) is 0 Å². The molecule has 1 aliphatic rings. The van der Waals surface area contributed by atoms with Crippen LogP contribution in [-0.4, -0.2) is 23.6 Å². The first-order valence-electron chi connectivity index (χ1n) is 7.28. The van der Waals surface area contributed by atoms with Gasteiger partial charge in [0.05, 0.1) is 5.25 Å². The Morgan fingerprint density at radius 3 is 2.62 bits per heavy atom. The van der Waals surface area contributed by atoms with E-state index in [1.54, 1.807) is 0 Å². The van der Waals surface area contributed by atoms with Gasteiger partial charge in [-0.1, -0.05) is 37.3 Å². The maximum Gasteiger partial charge on any atom is 0.164 e. The number of nitrogens with zero attached hydrogens (tertiary/aromatic N) is 2. The van der Waals surface area contributed by atoms with Crippen LogP contribution in [0.25, 0.3) is 0 Å². The predicted octanol–water partition coefficient (Wildman–Crippen LogP) is 2.75. The van der Waals surface area contributed by atoms with Gasteiger partial charge in [-0.3, -0.25) is 5.10 Å². The molecule has 3 rings (SSSR count). The van der Waals surface area contributed by atoms with Crippen LogP contribution in [0.2, 0.25) is 0 Å². The monoisotopic (exact) mass is 305 g/mol. The van der Waals surface area contributed by atoms with Gasteiger partial charge in [-0.05, 0) is 24.8 Å². The highest BCUT2D eigenvalue weighted by atomic mass is 32.2. The molecule has 1 saturated carbocycles. The van der Waals surface area contributed by atoms with E-state index in [1.807, 2.05) is 37.3 Å². The smallest absolute Gasteiger partial charge is 0.164 e. The van der Waals surface area contributed by atoms with Crippen molar-refractivity contribution in [1.82, 2.24) is 15.2 Å². The van der Waals surface area contributed by atoms with Crippen molar-refractivity contribution in [3.8, 4) is 0 Å². The fourth-order valence-electron chi connectivity index (χ4n) is 2.55. The Kier molecular flexibility index (Phi) is 3.80. The van der Waals surface area contributed by atoms with Gasteiger partial charge in [0.1, 0.15) is 11.6 Å². The Morgan fingerprint density at radius 2 is 2.00 bits per heavy atom. The quantitative estimate of drug-likeness (QED) is 0.890. The van der Waals surface area contributed by atoms with Crippen molar-refractivity contribution in [2.45, 2.75) is 43.1 Å². The molecule has 5 nitrogen and oxygen atoms in total. The minimum atomic E-state index is -3.30. The first-order chi connectivity index (χ1) is 10.1. The van der Waals surface area contributed by atoms with Crippen molar-refractivity contribution in [1.29, 1.82) is 0 Å². The number of aromatic amines is 1. The molecule has 1 aromatic heterocycles. The highest BCUT2D eigenvalue weighted by molar-refractivity contribution is 7.90. The average molecular weight is 305 g/mol. The normalized spacial score (nSPS) is 16.8. The molecule has 1 atom stereocenters. The van der Waals surface area contributed by atoms with E-state index in [0.29, 0.717) is 18.2 Å². The SMILES string of the molecule is CC[C@@H](c1ccccc1)S(=O)(=O)Cc1nc(C2CC2)n[nH]1.